The molecule has 8 nitrogen and oxygen atoms in total. The lowest BCUT2D eigenvalue weighted by atomic mass is 9.91. The van der Waals surface area contributed by atoms with Gasteiger partial charge in [0.25, 0.3) is 0 Å². The monoisotopic (exact) mass is 408 g/mol. The number of aliphatic hydroxyl groups is 1. The van der Waals surface area contributed by atoms with Crippen molar-refractivity contribution < 1.29 is 33.8 Å². The molecule has 0 radical (unpaired) electrons. The quantitative estimate of drug-likeness (QED) is 0.623. The van der Waals surface area contributed by atoms with Gasteiger partial charge in [-0.05, 0) is 44.0 Å². The third-order valence-electron chi connectivity index (χ3n) is 4.69. The van der Waals surface area contributed by atoms with E-state index in [0.29, 0.717) is 29.6 Å². The van der Waals surface area contributed by atoms with E-state index in [1.54, 1.807) is 6.07 Å². The number of benzene rings is 1. The maximum Gasteiger partial charge on any atom is 0.328 e. The van der Waals surface area contributed by atoms with Gasteiger partial charge in [-0.3, -0.25) is 0 Å². The molecule has 0 amide bonds. The van der Waals surface area contributed by atoms with Crippen molar-refractivity contribution in [2.45, 2.75) is 25.7 Å². The van der Waals surface area contributed by atoms with Crippen molar-refractivity contribution in [2.75, 3.05) is 26.2 Å². The molecule has 1 saturated heterocycles. The molecule has 2 heterocycles. The van der Waals surface area contributed by atoms with Gasteiger partial charge in [0, 0.05) is 42.7 Å². The number of piperidine rings is 1. The number of aliphatic hydroxyl groups excluding tert-OH is 1. The highest BCUT2D eigenvalue weighted by Crippen LogP contribution is 2.32. The number of fused-ring (bicyclic) bond motifs is 1. The number of aromatic nitrogens is 1. The Balaban J connectivity index is 0.000000321. The largest absolute Gasteiger partial charge is 0.478 e. The lowest BCUT2D eigenvalue weighted by Gasteiger charge is -2.32. The highest BCUT2D eigenvalue weighted by Gasteiger charge is 2.25. The molecule has 29 heavy (non-hydrogen) atoms. The number of hydrogen-bond acceptors (Lipinski definition) is 6. The molecular weight excluding hydrogens is 383 g/mol. The van der Waals surface area contributed by atoms with E-state index in [4.69, 9.17) is 19.8 Å². The summed E-state index contributed by atoms with van der Waals surface area (Å²) in [4.78, 5) is 21.5. The van der Waals surface area contributed by atoms with E-state index in [1.807, 2.05) is 0 Å². The molecule has 158 valence electrons. The summed E-state index contributed by atoms with van der Waals surface area (Å²) in [5.41, 5.74) is 1.49. The van der Waals surface area contributed by atoms with Gasteiger partial charge in [-0.25, -0.2) is 14.0 Å². The second-order valence-corrected chi connectivity index (χ2v) is 7.08. The van der Waals surface area contributed by atoms with Crippen molar-refractivity contribution in [1.82, 2.24) is 10.1 Å². The lowest BCUT2D eigenvalue weighted by molar-refractivity contribution is -0.134. The first-order chi connectivity index (χ1) is 13.8. The van der Waals surface area contributed by atoms with Crippen molar-refractivity contribution >= 4 is 22.9 Å². The third-order valence-corrected chi connectivity index (χ3v) is 4.69. The molecule has 0 spiro atoms. The second kappa shape index (κ2) is 10.7. The first-order valence-corrected chi connectivity index (χ1v) is 9.32. The van der Waals surface area contributed by atoms with Crippen LogP contribution in [0, 0.1) is 11.7 Å². The summed E-state index contributed by atoms with van der Waals surface area (Å²) in [5.74, 6) is -2.12. The Kier molecular flexibility index (Phi) is 8.29. The molecule has 0 unspecified atom stereocenters. The van der Waals surface area contributed by atoms with Gasteiger partial charge in [0.2, 0.25) is 0 Å². The molecule has 0 saturated carbocycles. The second-order valence-electron chi connectivity index (χ2n) is 7.08. The van der Waals surface area contributed by atoms with E-state index >= 15 is 0 Å². The van der Waals surface area contributed by atoms with E-state index in [2.05, 4.69) is 17.0 Å². The predicted octanol–water partition coefficient (Wildman–Crippen LogP) is 2.49. The van der Waals surface area contributed by atoms with Crippen LogP contribution in [0.15, 0.2) is 34.9 Å². The first kappa shape index (κ1) is 22.5. The molecule has 2 aromatic rings. The first-order valence-electron chi connectivity index (χ1n) is 9.32. The topological polar surface area (TPSA) is 124 Å². The summed E-state index contributed by atoms with van der Waals surface area (Å²) in [6.45, 7) is 5.24. The Morgan fingerprint density at radius 1 is 1.28 bits per heavy atom. The van der Waals surface area contributed by atoms with Gasteiger partial charge in [0.15, 0.2) is 5.58 Å². The van der Waals surface area contributed by atoms with E-state index in [0.717, 1.165) is 43.6 Å². The predicted molar refractivity (Wildman–Crippen MR) is 103 cm³/mol. The Labute approximate surface area is 167 Å². The minimum atomic E-state index is -1.26. The summed E-state index contributed by atoms with van der Waals surface area (Å²) in [5, 5.41) is 29.8. The van der Waals surface area contributed by atoms with Crippen LogP contribution in [0.25, 0.3) is 11.0 Å². The van der Waals surface area contributed by atoms with Gasteiger partial charge in [0.1, 0.15) is 5.82 Å². The maximum absolute atomic E-state index is 13.2. The van der Waals surface area contributed by atoms with Crippen LogP contribution < -0.4 is 0 Å². The van der Waals surface area contributed by atoms with Crippen LogP contribution in [-0.4, -0.2) is 63.6 Å². The fraction of sp³-hybridized carbons (Fsp3) is 0.450. The van der Waals surface area contributed by atoms with E-state index in [9.17, 15) is 14.0 Å². The van der Waals surface area contributed by atoms with Crippen molar-refractivity contribution in [2.24, 2.45) is 5.92 Å². The number of carboxylic acid groups (broad SMARTS) is 2. The van der Waals surface area contributed by atoms with Gasteiger partial charge < -0.3 is 24.7 Å². The smallest absolute Gasteiger partial charge is 0.328 e. The van der Waals surface area contributed by atoms with Gasteiger partial charge in [-0.1, -0.05) is 12.1 Å². The number of rotatable bonds is 6. The minimum Gasteiger partial charge on any atom is -0.478 e. The van der Waals surface area contributed by atoms with Crippen molar-refractivity contribution in [3.05, 3.63) is 41.9 Å². The molecule has 1 atom stereocenters. The van der Waals surface area contributed by atoms with Crippen LogP contribution in [0.3, 0.4) is 0 Å². The average molecular weight is 408 g/mol. The Bertz CT molecular complexity index is 842. The molecule has 1 aromatic carbocycles. The van der Waals surface area contributed by atoms with Crippen LogP contribution in [0.5, 0.6) is 0 Å². The molecule has 1 aliphatic rings. The van der Waals surface area contributed by atoms with Crippen LogP contribution in [0.4, 0.5) is 4.39 Å². The molecule has 3 N–H and O–H groups in total. The van der Waals surface area contributed by atoms with Crippen LogP contribution in [-0.2, 0) is 9.59 Å². The van der Waals surface area contributed by atoms with Gasteiger partial charge in [-0.2, -0.15) is 0 Å². The SMILES string of the molecule is C[C@H](CO)CN1CCC(c2noc3cc(F)ccc23)CC1.O=C(O)/C=C/C(=O)O. The van der Waals surface area contributed by atoms with Crippen LogP contribution >= 0.6 is 0 Å². The molecule has 0 bridgehead atoms. The molecule has 9 heteroatoms. The van der Waals surface area contributed by atoms with Gasteiger partial charge in [0.05, 0.1) is 5.69 Å². The fourth-order valence-corrected chi connectivity index (χ4v) is 3.26. The molecule has 1 aliphatic heterocycles. The molecule has 3 rings (SSSR count). The van der Waals surface area contributed by atoms with Crippen molar-refractivity contribution in [3.8, 4) is 0 Å². The number of carbonyl (C=O) groups is 2. The fourth-order valence-electron chi connectivity index (χ4n) is 3.26. The Hall–Kier alpha value is -2.78. The van der Waals surface area contributed by atoms with Gasteiger partial charge >= 0.3 is 11.9 Å². The van der Waals surface area contributed by atoms with Gasteiger partial charge in [-0.15, -0.1) is 0 Å². The highest BCUT2D eigenvalue weighted by atomic mass is 19.1. The third kappa shape index (κ3) is 6.95. The maximum atomic E-state index is 13.2. The zero-order valence-corrected chi connectivity index (χ0v) is 16.1. The molecule has 1 fully saturated rings. The Morgan fingerprint density at radius 2 is 1.90 bits per heavy atom. The Morgan fingerprint density at radius 3 is 2.45 bits per heavy atom. The van der Waals surface area contributed by atoms with Crippen LogP contribution in [0.1, 0.15) is 31.4 Å². The zero-order valence-electron chi connectivity index (χ0n) is 16.1. The summed E-state index contributed by atoms with van der Waals surface area (Å²) >= 11 is 0. The minimum absolute atomic E-state index is 0.236. The molecular formula is C20H25FN2O6. The lowest BCUT2D eigenvalue weighted by Crippen LogP contribution is -2.36. The van der Waals surface area contributed by atoms with E-state index in [1.165, 1.54) is 12.1 Å². The number of carboxylic acids is 2. The summed E-state index contributed by atoms with van der Waals surface area (Å²) in [6.07, 6.45) is 3.17. The van der Waals surface area contributed by atoms with Crippen molar-refractivity contribution in [3.63, 3.8) is 0 Å². The number of nitrogens with zero attached hydrogens (tertiary/aromatic N) is 2. The number of halogens is 1. The number of likely N-dealkylation sites (tertiary alicyclic amines) is 1. The molecule has 0 aliphatic carbocycles. The zero-order chi connectivity index (χ0) is 21.4. The summed E-state index contributed by atoms with van der Waals surface area (Å²) < 4.78 is 18.4. The molecule has 1 aromatic heterocycles. The normalized spacial score (nSPS) is 16.5. The standard InChI is InChI=1S/C16H21FN2O2.C4H4O4/c1-11(10-20)9-19-6-4-12(5-7-19)16-14-3-2-13(17)8-15(14)21-18-16;5-3(6)1-2-4(7)8/h2-3,8,11-12,20H,4-7,9-10H2,1H3;1-2H,(H,5,6)(H,7,8)/b;2-1+/t11-;/m0./s1. The van der Waals surface area contributed by atoms with E-state index in [-0.39, 0.29) is 12.4 Å². The average Bonchev–Trinajstić information content (AvgIpc) is 3.10. The van der Waals surface area contributed by atoms with E-state index < -0.39 is 11.9 Å². The van der Waals surface area contributed by atoms with Crippen molar-refractivity contribution in [1.29, 1.82) is 0 Å². The summed E-state index contributed by atoms with van der Waals surface area (Å²) in [7, 11) is 0. The van der Waals surface area contributed by atoms with Crippen LogP contribution in [0.2, 0.25) is 0 Å². The number of aliphatic carboxylic acids is 2. The number of hydrogen-bond donors (Lipinski definition) is 3. The highest BCUT2D eigenvalue weighted by molar-refractivity contribution is 5.89. The summed E-state index contributed by atoms with van der Waals surface area (Å²) in [6, 6.07) is 4.61.